The second-order valence-electron chi connectivity index (χ2n) is 6.81. The number of aryl methyl sites for hydroxylation is 3. The maximum absolute atomic E-state index is 9.24. The summed E-state index contributed by atoms with van der Waals surface area (Å²) in [5.41, 5.74) is 5.25. The molecule has 0 amide bonds. The van der Waals surface area contributed by atoms with Gasteiger partial charge in [-0.1, -0.05) is 17.7 Å². The van der Waals surface area contributed by atoms with Crippen LogP contribution in [0.1, 0.15) is 36.1 Å². The monoisotopic (exact) mass is 285 g/mol. The number of piperazine rings is 1. The van der Waals surface area contributed by atoms with Crippen molar-refractivity contribution >= 4 is 0 Å². The molecule has 1 fully saturated rings. The van der Waals surface area contributed by atoms with Crippen molar-refractivity contribution in [3.8, 4) is 6.07 Å². The molecular formula is C18H27N3. The molecule has 21 heavy (non-hydrogen) atoms. The molecule has 1 heterocycles. The Bertz CT molecular complexity index is 523. The fraction of sp³-hybridized carbons (Fsp3) is 0.611. The van der Waals surface area contributed by atoms with Crippen molar-refractivity contribution in [2.45, 2.75) is 46.7 Å². The van der Waals surface area contributed by atoms with E-state index in [4.69, 9.17) is 0 Å². The van der Waals surface area contributed by atoms with Gasteiger partial charge < -0.3 is 0 Å². The van der Waals surface area contributed by atoms with E-state index in [1.54, 1.807) is 0 Å². The van der Waals surface area contributed by atoms with Gasteiger partial charge in [-0.3, -0.25) is 9.80 Å². The predicted octanol–water partition coefficient (Wildman–Crippen LogP) is 3.03. The first-order chi connectivity index (χ1) is 9.83. The van der Waals surface area contributed by atoms with E-state index < -0.39 is 0 Å². The van der Waals surface area contributed by atoms with Gasteiger partial charge in [-0.25, -0.2) is 0 Å². The van der Waals surface area contributed by atoms with E-state index in [2.05, 4.69) is 48.8 Å². The molecule has 0 radical (unpaired) electrons. The van der Waals surface area contributed by atoms with Gasteiger partial charge in [0.2, 0.25) is 0 Å². The molecule has 1 aliphatic rings. The lowest BCUT2D eigenvalue weighted by atomic mass is 9.99. The number of nitrogens with zero attached hydrogens (tertiary/aromatic N) is 3. The Labute approximate surface area is 129 Å². The van der Waals surface area contributed by atoms with Gasteiger partial charge in [0.15, 0.2) is 0 Å². The van der Waals surface area contributed by atoms with Gasteiger partial charge >= 0.3 is 0 Å². The predicted molar refractivity (Wildman–Crippen MR) is 87.2 cm³/mol. The fourth-order valence-electron chi connectivity index (χ4n) is 3.22. The summed E-state index contributed by atoms with van der Waals surface area (Å²) in [6, 6.07) is 6.96. The van der Waals surface area contributed by atoms with Crippen LogP contribution in [0.15, 0.2) is 12.1 Å². The van der Waals surface area contributed by atoms with Crippen LogP contribution >= 0.6 is 0 Å². The third-order valence-corrected chi connectivity index (χ3v) is 4.66. The van der Waals surface area contributed by atoms with Crippen molar-refractivity contribution < 1.29 is 0 Å². The van der Waals surface area contributed by atoms with Gasteiger partial charge in [0, 0.05) is 32.7 Å². The maximum Gasteiger partial charge on any atom is 0.103 e. The van der Waals surface area contributed by atoms with E-state index in [-0.39, 0.29) is 5.54 Å². The summed E-state index contributed by atoms with van der Waals surface area (Å²) >= 11 is 0. The van der Waals surface area contributed by atoms with Crippen LogP contribution in [0.5, 0.6) is 0 Å². The second kappa shape index (κ2) is 6.17. The Hall–Kier alpha value is -1.37. The molecule has 0 aliphatic carbocycles. The molecule has 0 unspecified atom stereocenters. The van der Waals surface area contributed by atoms with Crippen LogP contribution in [0.4, 0.5) is 0 Å². The minimum Gasteiger partial charge on any atom is -0.297 e. The van der Waals surface area contributed by atoms with E-state index in [1.165, 1.54) is 22.3 Å². The zero-order valence-corrected chi connectivity index (χ0v) is 14.0. The van der Waals surface area contributed by atoms with Crippen molar-refractivity contribution in [2.24, 2.45) is 0 Å². The van der Waals surface area contributed by atoms with Crippen molar-refractivity contribution in [3.05, 3.63) is 34.4 Å². The topological polar surface area (TPSA) is 30.3 Å². The molecule has 1 aliphatic heterocycles. The van der Waals surface area contributed by atoms with Crippen LogP contribution in [0.2, 0.25) is 0 Å². The molecule has 2 rings (SSSR count). The normalized spacial score (nSPS) is 17.7. The lowest BCUT2D eigenvalue weighted by Crippen LogP contribution is -2.53. The second-order valence-corrected chi connectivity index (χ2v) is 6.81. The van der Waals surface area contributed by atoms with Crippen LogP contribution in [0.3, 0.4) is 0 Å². The minimum absolute atomic E-state index is 0.345. The zero-order chi connectivity index (χ0) is 15.6. The number of hydrogen-bond donors (Lipinski definition) is 0. The highest BCUT2D eigenvalue weighted by molar-refractivity contribution is 5.37. The lowest BCUT2D eigenvalue weighted by molar-refractivity contribution is 0.0762. The van der Waals surface area contributed by atoms with Gasteiger partial charge in [0.05, 0.1) is 6.07 Å². The molecule has 0 atom stereocenters. The van der Waals surface area contributed by atoms with E-state index >= 15 is 0 Å². The molecule has 3 nitrogen and oxygen atoms in total. The summed E-state index contributed by atoms with van der Waals surface area (Å²) in [7, 11) is 0. The number of benzene rings is 1. The van der Waals surface area contributed by atoms with E-state index in [0.717, 1.165) is 32.7 Å². The summed E-state index contributed by atoms with van der Waals surface area (Å²) in [6.45, 7) is 15.7. The third kappa shape index (κ3) is 3.64. The molecule has 0 bridgehead atoms. The van der Waals surface area contributed by atoms with E-state index in [9.17, 15) is 5.26 Å². The van der Waals surface area contributed by atoms with Gasteiger partial charge in [-0.2, -0.15) is 5.26 Å². The standard InChI is InChI=1S/C18H27N3/c1-14-10-15(2)17(16(3)11-14)12-20-6-8-21(9-7-20)18(4,5)13-19/h10-11H,6-9,12H2,1-5H3. The first kappa shape index (κ1) is 16.0. The summed E-state index contributed by atoms with van der Waals surface area (Å²) in [5.74, 6) is 0. The molecular weight excluding hydrogens is 258 g/mol. The average molecular weight is 285 g/mol. The fourth-order valence-corrected chi connectivity index (χ4v) is 3.22. The largest absolute Gasteiger partial charge is 0.297 e. The Balaban J connectivity index is 2.00. The molecule has 1 aromatic carbocycles. The molecule has 1 saturated heterocycles. The SMILES string of the molecule is Cc1cc(C)c(CN2CCN(C(C)(C)C#N)CC2)c(C)c1. The van der Waals surface area contributed by atoms with Crippen molar-refractivity contribution in [2.75, 3.05) is 26.2 Å². The molecule has 3 heteroatoms. The molecule has 0 saturated carbocycles. The number of nitriles is 1. The Morgan fingerprint density at radius 1 is 1.05 bits per heavy atom. The van der Waals surface area contributed by atoms with Gasteiger partial charge in [-0.05, 0) is 51.3 Å². The highest BCUT2D eigenvalue weighted by Crippen LogP contribution is 2.21. The quantitative estimate of drug-likeness (QED) is 0.855. The first-order valence-electron chi connectivity index (χ1n) is 7.79. The van der Waals surface area contributed by atoms with Crippen molar-refractivity contribution in [3.63, 3.8) is 0 Å². The minimum atomic E-state index is -0.345. The van der Waals surface area contributed by atoms with Gasteiger partial charge in [0.1, 0.15) is 5.54 Å². The Morgan fingerprint density at radius 3 is 2.05 bits per heavy atom. The van der Waals surface area contributed by atoms with Crippen LogP contribution in [-0.4, -0.2) is 41.5 Å². The third-order valence-electron chi connectivity index (χ3n) is 4.66. The summed E-state index contributed by atoms with van der Waals surface area (Å²) in [4.78, 5) is 4.80. The van der Waals surface area contributed by atoms with Crippen LogP contribution < -0.4 is 0 Å². The molecule has 0 spiro atoms. The highest BCUT2D eigenvalue weighted by Gasteiger charge is 2.29. The smallest absolute Gasteiger partial charge is 0.103 e. The van der Waals surface area contributed by atoms with Crippen LogP contribution in [0, 0.1) is 32.1 Å². The average Bonchev–Trinajstić information content (AvgIpc) is 2.43. The van der Waals surface area contributed by atoms with Gasteiger partial charge in [0.25, 0.3) is 0 Å². The van der Waals surface area contributed by atoms with Crippen LogP contribution in [-0.2, 0) is 6.54 Å². The summed E-state index contributed by atoms with van der Waals surface area (Å²) in [5, 5.41) is 9.24. The van der Waals surface area contributed by atoms with E-state index in [0.29, 0.717) is 0 Å². The number of hydrogen-bond acceptors (Lipinski definition) is 3. The molecule has 0 aromatic heterocycles. The van der Waals surface area contributed by atoms with Crippen molar-refractivity contribution in [1.82, 2.24) is 9.80 Å². The highest BCUT2D eigenvalue weighted by atomic mass is 15.3. The van der Waals surface area contributed by atoms with Crippen molar-refractivity contribution in [1.29, 1.82) is 5.26 Å². The first-order valence-corrected chi connectivity index (χ1v) is 7.79. The molecule has 114 valence electrons. The van der Waals surface area contributed by atoms with Gasteiger partial charge in [-0.15, -0.1) is 0 Å². The summed E-state index contributed by atoms with van der Waals surface area (Å²) < 4.78 is 0. The molecule has 1 aromatic rings. The number of rotatable bonds is 3. The lowest BCUT2D eigenvalue weighted by Gasteiger charge is -2.40. The maximum atomic E-state index is 9.24. The Kier molecular flexibility index (Phi) is 4.70. The van der Waals surface area contributed by atoms with E-state index in [1.807, 2.05) is 13.8 Å². The van der Waals surface area contributed by atoms with Crippen LogP contribution in [0.25, 0.3) is 0 Å². The summed E-state index contributed by atoms with van der Waals surface area (Å²) in [6.07, 6.45) is 0. The zero-order valence-electron chi connectivity index (χ0n) is 14.0. The Morgan fingerprint density at radius 2 is 1.57 bits per heavy atom. The molecule has 0 N–H and O–H groups in total.